The van der Waals surface area contributed by atoms with E-state index in [2.05, 4.69) is 15.9 Å². The van der Waals surface area contributed by atoms with Crippen molar-refractivity contribution in [1.82, 2.24) is 0 Å². The van der Waals surface area contributed by atoms with Gasteiger partial charge in [0.05, 0.1) is 6.61 Å². The van der Waals surface area contributed by atoms with Crippen molar-refractivity contribution in [1.29, 1.82) is 0 Å². The van der Waals surface area contributed by atoms with Crippen LogP contribution < -0.4 is 0 Å². The highest BCUT2D eigenvalue weighted by molar-refractivity contribution is 9.09. The van der Waals surface area contributed by atoms with Gasteiger partial charge in [0.15, 0.2) is 30.7 Å². The number of aliphatic carboxylic acids is 1. The van der Waals surface area contributed by atoms with Crippen LogP contribution >= 0.6 is 15.9 Å². The lowest BCUT2D eigenvalue weighted by atomic mass is 9.98. The molecule has 1 rings (SSSR count). The number of carbonyl (C=O) groups is 4. The van der Waals surface area contributed by atoms with Crippen LogP contribution in [-0.4, -0.2) is 71.6 Å². The number of ether oxygens (including phenoxy) is 5. The molecule has 0 saturated carbocycles. The molecule has 1 fully saturated rings. The molecule has 1 aliphatic rings. The lowest BCUT2D eigenvalue weighted by molar-refractivity contribution is -0.300. The molecule has 10 nitrogen and oxygen atoms in total. The smallest absolute Gasteiger partial charge is 0.337 e. The zero-order valence-corrected chi connectivity index (χ0v) is 15.4. The van der Waals surface area contributed by atoms with Crippen molar-refractivity contribution in [2.45, 2.75) is 51.5 Å². The second-order valence-electron chi connectivity index (χ2n) is 5.05. The molecule has 0 bridgehead atoms. The minimum Gasteiger partial charge on any atom is -0.479 e. The van der Waals surface area contributed by atoms with Crippen LogP contribution in [0.4, 0.5) is 0 Å². The molecular weight excluding hydrogens is 408 g/mol. The molecule has 0 radical (unpaired) electrons. The molecule has 0 unspecified atom stereocenters. The fraction of sp³-hybridized carbons (Fsp3) is 0.714. The third-order valence-corrected chi connectivity index (χ3v) is 3.33. The highest BCUT2D eigenvalue weighted by Crippen LogP contribution is 2.29. The van der Waals surface area contributed by atoms with Gasteiger partial charge in [0.25, 0.3) is 0 Å². The van der Waals surface area contributed by atoms with Crippen LogP contribution in [0.3, 0.4) is 0 Å². The summed E-state index contributed by atoms with van der Waals surface area (Å²) in [5.41, 5.74) is 0. The number of carboxylic acid groups (broad SMARTS) is 1. The minimum atomic E-state index is -1.68. The van der Waals surface area contributed by atoms with Gasteiger partial charge in [-0.15, -0.1) is 0 Å². The molecule has 142 valence electrons. The Morgan fingerprint density at radius 3 is 1.84 bits per heavy atom. The number of carboxylic acids is 1. The second-order valence-corrected chi connectivity index (χ2v) is 5.84. The first-order valence-electron chi connectivity index (χ1n) is 7.24. The Balaban J connectivity index is 3.26. The van der Waals surface area contributed by atoms with Crippen LogP contribution in [0.15, 0.2) is 0 Å². The lowest BCUT2D eigenvalue weighted by Crippen LogP contribution is -2.63. The first kappa shape index (κ1) is 21.3. The maximum atomic E-state index is 11.5. The molecule has 0 aliphatic carbocycles. The van der Waals surface area contributed by atoms with Gasteiger partial charge in [-0.05, 0) is 0 Å². The van der Waals surface area contributed by atoms with Gasteiger partial charge in [-0.1, -0.05) is 15.9 Å². The number of hydrogen-bond donors (Lipinski definition) is 1. The van der Waals surface area contributed by atoms with Gasteiger partial charge >= 0.3 is 23.9 Å². The molecule has 1 heterocycles. The average Bonchev–Trinajstić information content (AvgIpc) is 2.47. The first-order valence-corrected chi connectivity index (χ1v) is 8.37. The van der Waals surface area contributed by atoms with Gasteiger partial charge in [0.2, 0.25) is 0 Å². The van der Waals surface area contributed by atoms with E-state index in [9.17, 15) is 24.3 Å². The fourth-order valence-corrected chi connectivity index (χ4v) is 2.45. The Morgan fingerprint density at radius 1 is 0.920 bits per heavy atom. The van der Waals surface area contributed by atoms with Gasteiger partial charge in [-0.2, -0.15) is 0 Å². The van der Waals surface area contributed by atoms with Crippen molar-refractivity contribution in [2.24, 2.45) is 0 Å². The molecule has 0 spiro atoms. The molecular formula is C14H19BrO10. The van der Waals surface area contributed by atoms with Crippen LogP contribution in [0.2, 0.25) is 0 Å². The van der Waals surface area contributed by atoms with Crippen LogP contribution in [0.5, 0.6) is 0 Å². The SMILES string of the molecule is CC(=O)O[C@@H]1[C@@H](OC(C)=O)[C@H](OCCBr)O[C@H](C(=O)O)[C@H]1OC(C)=O. The maximum Gasteiger partial charge on any atom is 0.337 e. The van der Waals surface area contributed by atoms with E-state index in [1.165, 1.54) is 0 Å². The van der Waals surface area contributed by atoms with Crippen molar-refractivity contribution in [2.75, 3.05) is 11.9 Å². The molecule has 1 N–H and O–H groups in total. The number of alkyl halides is 1. The summed E-state index contributed by atoms with van der Waals surface area (Å²) in [6.07, 6.45) is -7.27. The van der Waals surface area contributed by atoms with E-state index in [0.717, 1.165) is 20.8 Å². The highest BCUT2D eigenvalue weighted by Gasteiger charge is 2.54. The molecule has 5 atom stereocenters. The van der Waals surface area contributed by atoms with Crippen molar-refractivity contribution < 1.29 is 48.0 Å². The Hall–Kier alpha value is -1.72. The summed E-state index contributed by atoms with van der Waals surface area (Å²) in [6, 6.07) is 0. The van der Waals surface area contributed by atoms with E-state index in [4.69, 9.17) is 23.7 Å². The second kappa shape index (κ2) is 9.68. The number of rotatable bonds is 7. The predicted molar refractivity (Wildman–Crippen MR) is 82.7 cm³/mol. The normalized spacial score (nSPS) is 28.7. The third-order valence-electron chi connectivity index (χ3n) is 3.00. The molecule has 0 amide bonds. The van der Waals surface area contributed by atoms with E-state index in [-0.39, 0.29) is 6.61 Å². The molecule has 0 aromatic rings. The first-order chi connectivity index (χ1) is 11.7. The van der Waals surface area contributed by atoms with Crippen LogP contribution in [0.1, 0.15) is 20.8 Å². The summed E-state index contributed by atoms with van der Waals surface area (Å²) in [4.78, 5) is 45.7. The third kappa shape index (κ3) is 6.25. The molecule has 1 aliphatic heterocycles. The standard InChI is InChI=1S/C14H19BrO10/c1-6(16)22-9-10(23-7(2)17)12(24-8(3)18)14(21-5-4-15)25-11(9)13(19)20/h9-12,14H,4-5H2,1-3H3,(H,19,20)/t9-,10-,11-,12+,14+/m0/s1. The Bertz CT molecular complexity index is 522. The summed E-state index contributed by atoms with van der Waals surface area (Å²) in [6.45, 7) is 3.34. The van der Waals surface area contributed by atoms with E-state index in [1.54, 1.807) is 0 Å². The average molecular weight is 427 g/mol. The molecule has 11 heteroatoms. The van der Waals surface area contributed by atoms with Gasteiger partial charge in [0.1, 0.15) is 0 Å². The Labute approximate surface area is 151 Å². The highest BCUT2D eigenvalue weighted by atomic mass is 79.9. The van der Waals surface area contributed by atoms with E-state index < -0.39 is 54.6 Å². The fourth-order valence-electron chi connectivity index (χ4n) is 2.27. The molecule has 1 saturated heterocycles. The maximum absolute atomic E-state index is 11.5. The van der Waals surface area contributed by atoms with Crippen molar-refractivity contribution in [3.63, 3.8) is 0 Å². The van der Waals surface area contributed by atoms with Crippen LogP contribution in [-0.2, 0) is 42.9 Å². The topological polar surface area (TPSA) is 135 Å². The summed E-state index contributed by atoms with van der Waals surface area (Å²) in [5, 5.41) is 9.75. The largest absolute Gasteiger partial charge is 0.479 e. The summed E-state index contributed by atoms with van der Waals surface area (Å²) >= 11 is 3.13. The van der Waals surface area contributed by atoms with Gasteiger partial charge in [-0.25, -0.2) is 4.79 Å². The summed E-state index contributed by atoms with van der Waals surface area (Å²) in [7, 11) is 0. The van der Waals surface area contributed by atoms with Crippen molar-refractivity contribution in [3.8, 4) is 0 Å². The number of carbonyl (C=O) groups excluding carboxylic acids is 3. The summed E-state index contributed by atoms with van der Waals surface area (Å²) in [5.74, 6) is -3.81. The van der Waals surface area contributed by atoms with Gasteiger partial charge < -0.3 is 28.8 Å². The van der Waals surface area contributed by atoms with Crippen LogP contribution in [0.25, 0.3) is 0 Å². The number of hydrogen-bond acceptors (Lipinski definition) is 9. The zero-order valence-electron chi connectivity index (χ0n) is 13.8. The van der Waals surface area contributed by atoms with Gasteiger partial charge in [0, 0.05) is 26.1 Å². The monoisotopic (exact) mass is 426 g/mol. The minimum absolute atomic E-state index is 0.0970. The molecule has 0 aromatic carbocycles. The van der Waals surface area contributed by atoms with Crippen molar-refractivity contribution >= 4 is 39.8 Å². The van der Waals surface area contributed by atoms with Crippen LogP contribution in [0, 0.1) is 0 Å². The quantitative estimate of drug-likeness (QED) is 0.336. The van der Waals surface area contributed by atoms with E-state index in [0.29, 0.717) is 5.33 Å². The summed E-state index contributed by atoms with van der Waals surface area (Å²) < 4.78 is 25.8. The van der Waals surface area contributed by atoms with E-state index >= 15 is 0 Å². The Morgan fingerprint density at radius 2 is 1.40 bits per heavy atom. The Kier molecular flexibility index (Phi) is 8.26. The zero-order chi connectivity index (χ0) is 19.1. The van der Waals surface area contributed by atoms with Crippen molar-refractivity contribution in [3.05, 3.63) is 0 Å². The predicted octanol–water partition coefficient (Wildman–Crippen LogP) is 0.00250. The molecule has 0 aromatic heterocycles. The van der Waals surface area contributed by atoms with Gasteiger partial charge in [-0.3, -0.25) is 14.4 Å². The number of esters is 3. The van der Waals surface area contributed by atoms with E-state index in [1.807, 2.05) is 0 Å². The molecule has 25 heavy (non-hydrogen) atoms. The lowest BCUT2D eigenvalue weighted by Gasteiger charge is -2.42. The number of halogens is 1.